The summed E-state index contributed by atoms with van der Waals surface area (Å²) in [7, 11) is 0. The molecule has 0 amide bonds. The van der Waals surface area contributed by atoms with Crippen molar-refractivity contribution >= 4 is 0 Å². The van der Waals surface area contributed by atoms with Crippen LogP contribution in [0, 0.1) is 11.8 Å². The molecule has 0 aliphatic heterocycles. The largest absolute Gasteiger partial charge is 0.0955 e. The van der Waals surface area contributed by atoms with Gasteiger partial charge in [-0.25, -0.2) is 0 Å². The second-order valence-corrected chi connectivity index (χ2v) is 6.81. The maximum atomic E-state index is 4.34. The fourth-order valence-corrected chi connectivity index (χ4v) is 2.57. The van der Waals surface area contributed by atoms with Gasteiger partial charge in [0.2, 0.25) is 0 Å². The number of rotatable bonds is 12. The minimum Gasteiger partial charge on any atom is -0.0955 e. The number of hydrogen-bond acceptors (Lipinski definition) is 0. The van der Waals surface area contributed by atoms with Crippen LogP contribution in [0.25, 0.3) is 0 Å². The van der Waals surface area contributed by atoms with Crippen molar-refractivity contribution in [1.29, 1.82) is 0 Å². The number of unbranched alkanes of at least 4 members (excludes halogenated alkanes) is 3. The molecule has 1 atom stereocenters. The lowest BCUT2D eigenvalue weighted by Crippen LogP contribution is -2.03. The molecule has 0 aliphatic carbocycles. The van der Waals surface area contributed by atoms with Gasteiger partial charge >= 0.3 is 0 Å². The molecule has 0 heterocycles. The molecular formula is C21H38. The van der Waals surface area contributed by atoms with E-state index >= 15 is 0 Å². The fourth-order valence-electron chi connectivity index (χ4n) is 2.57. The van der Waals surface area contributed by atoms with Gasteiger partial charge in [0.1, 0.15) is 0 Å². The van der Waals surface area contributed by atoms with E-state index in [0.29, 0.717) is 5.92 Å². The van der Waals surface area contributed by atoms with E-state index in [0.717, 1.165) is 5.92 Å². The van der Waals surface area contributed by atoms with Crippen molar-refractivity contribution in [2.24, 2.45) is 11.8 Å². The smallest absolute Gasteiger partial charge is 0.0168 e. The zero-order chi connectivity index (χ0) is 16.1. The summed E-state index contributed by atoms with van der Waals surface area (Å²) in [6.45, 7) is 15.5. The third kappa shape index (κ3) is 11.5. The quantitative estimate of drug-likeness (QED) is 0.258. The van der Waals surface area contributed by atoms with Crippen LogP contribution in [0.15, 0.2) is 36.0 Å². The molecule has 0 saturated heterocycles. The van der Waals surface area contributed by atoms with E-state index in [-0.39, 0.29) is 0 Å². The minimum absolute atomic E-state index is 0.685. The zero-order valence-corrected chi connectivity index (χ0v) is 15.3. The molecule has 0 aromatic rings. The first-order valence-corrected chi connectivity index (χ1v) is 9.01. The van der Waals surface area contributed by atoms with Gasteiger partial charge in [-0.2, -0.15) is 0 Å². The monoisotopic (exact) mass is 290 g/mol. The summed E-state index contributed by atoms with van der Waals surface area (Å²) in [6.07, 6.45) is 17.3. The van der Waals surface area contributed by atoms with Crippen molar-refractivity contribution in [3.05, 3.63) is 36.0 Å². The maximum Gasteiger partial charge on any atom is -0.0168 e. The average Bonchev–Trinajstić information content (AvgIpc) is 2.46. The summed E-state index contributed by atoms with van der Waals surface area (Å²) in [4.78, 5) is 0. The van der Waals surface area contributed by atoms with Gasteiger partial charge in [0.05, 0.1) is 0 Å². The maximum absolute atomic E-state index is 4.34. The predicted octanol–water partition coefficient (Wildman–Crippen LogP) is 7.48. The molecule has 0 rings (SSSR count). The summed E-state index contributed by atoms with van der Waals surface area (Å²) >= 11 is 0. The first-order chi connectivity index (χ1) is 10.0. The lowest BCUT2D eigenvalue weighted by molar-refractivity contribution is 0.448. The van der Waals surface area contributed by atoms with Crippen LogP contribution >= 0.6 is 0 Å². The van der Waals surface area contributed by atoms with Crippen molar-refractivity contribution in [1.82, 2.24) is 0 Å². The van der Waals surface area contributed by atoms with Crippen LogP contribution in [0.4, 0.5) is 0 Å². The predicted molar refractivity (Wildman–Crippen MR) is 98.6 cm³/mol. The second-order valence-electron chi connectivity index (χ2n) is 6.81. The van der Waals surface area contributed by atoms with Crippen molar-refractivity contribution < 1.29 is 0 Å². The number of allylic oxidation sites excluding steroid dienone is 5. The molecule has 122 valence electrons. The molecule has 0 bridgehead atoms. The van der Waals surface area contributed by atoms with E-state index in [2.05, 4.69) is 59.4 Å². The topological polar surface area (TPSA) is 0 Å². The molecule has 0 fully saturated rings. The lowest BCUT2D eigenvalue weighted by Gasteiger charge is -2.18. The van der Waals surface area contributed by atoms with Crippen LogP contribution in [0.3, 0.4) is 0 Å². The van der Waals surface area contributed by atoms with Crippen molar-refractivity contribution in [2.45, 2.75) is 86.0 Å². The Hall–Kier alpha value is -0.780. The van der Waals surface area contributed by atoms with E-state index in [1.807, 2.05) is 0 Å². The Morgan fingerprint density at radius 1 is 0.952 bits per heavy atom. The fraction of sp³-hybridized carbons (Fsp3) is 0.714. The van der Waals surface area contributed by atoms with Gasteiger partial charge in [0.25, 0.3) is 0 Å². The normalized spacial score (nSPS) is 14.1. The van der Waals surface area contributed by atoms with Crippen LogP contribution in [0.5, 0.6) is 0 Å². The van der Waals surface area contributed by atoms with Gasteiger partial charge in [-0.15, -0.1) is 0 Å². The molecule has 0 aliphatic rings. The van der Waals surface area contributed by atoms with E-state index in [9.17, 15) is 0 Å². The molecular weight excluding hydrogens is 252 g/mol. The van der Waals surface area contributed by atoms with Gasteiger partial charge < -0.3 is 0 Å². The molecule has 0 nitrogen and oxygen atoms in total. The molecule has 0 saturated carbocycles. The highest BCUT2D eigenvalue weighted by molar-refractivity contribution is 5.26. The van der Waals surface area contributed by atoms with Gasteiger partial charge in [0, 0.05) is 0 Å². The van der Waals surface area contributed by atoms with E-state index in [1.165, 1.54) is 62.5 Å². The van der Waals surface area contributed by atoms with Gasteiger partial charge in [-0.3, -0.25) is 0 Å². The summed E-state index contributed by atoms with van der Waals surface area (Å²) in [6, 6.07) is 0. The van der Waals surface area contributed by atoms with Gasteiger partial charge in [0.15, 0.2) is 0 Å². The Kier molecular flexibility index (Phi) is 12.4. The molecule has 0 aromatic carbocycles. The third-order valence-corrected chi connectivity index (χ3v) is 4.28. The van der Waals surface area contributed by atoms with Crippen LogP contribution in [0.1, 0.15) is 86.0 Å². The Balaban J connectivity index is 4.35. The average molecular weight is 291 g/mol. The van der Waals surface area contributed by atoms with Gasteiger partial charge in [-0.05, 0) is 38.5 Å². The van der Waals surface area contributed by atoms with Crippen molar-refractivity contribution in [3.63, 3.8) is 0 Å². The summed E-state index contributed by atoms with van der Waals surface area (Å²) in [5, 5.41) is 0. The Morgan fingerprint density at radius 2 is 1.52 bits per heavy atom. The summed E-state index contributed by atoms with van der Waals surface area (Å²) in [5.74, 6) is 1.52. The van der Waals surface area contributed by atoms with Crippen LogP contribution in [-0.2, 0) is 0 Å². The highest BCUT2D eigenvalue weighted by Crippen LogP contribution is 2.25. The highest BCUT2D eigenvalue weighted by atomic mass is 14.2. The van der Waals surface area contributed by atoms with Gasteiger partial charge in [-0.1, -0.05) is 95.2 Å². The third-order valence-electron chi connectivity index (χ3n) is 4.28. The van der Waals surface area contributed by atoms with E-state index < -0.39 is 0 Å². The molecule has 1 unspecified atom stereocenters. The Bertz CT molecular complexity index is 317. The molecule has 0 radical (unpaired) electrons. The SMILES string of the molecule is C=C(/C=C\C(C)=C/C)C(CCCCC)CCCCC(C)C. The van der Waals surface area contributed by atoms with Crippen LogP contribution in [-0.4, -0.2) is 0 Å². The minimum atomic E-state index is 0.685. The van der Waals surface area contributed by atoms with Crippen molar-refractivity contribution in [2.75, 3.05) is 0 Å². The standard InChI is InChI=1S/C21H38/c1-7-9-10-14-21(15-12-11-13-18(3)4)20(6)17-16-19(5)8-2/h8,16-18,21H,6-7,9-15H2,1-5H3/b17-16-,19-8-. The zero-order valence-electron chi connectivity index (χ0n) is 15.3. The first kappa shape index (κ1) is 20.2. The lowest BCUT2D eigenvalue weighted by atomic mass is 9.88. The molecule has 0 heteroatoms. The summed E-state index contributed by atoms with van der Waals surface area (Å²) < 4.78 is 0. The van der Waals surface area contributed by atoms with Crippen molar-refractivity contribution in [3.8, 4) is 0 Å². The second kappa shape index (κ2) is 12.9. The molecule has 0 aromatic heterocycles. The van der Waals surface area contributed by atoms with Crippen LogP contribution < -0.4 is 0 Å². The van der Waals surface area contributed by atoms with Crippen LogP contribution in [0.2, 0.25) is 0 Å². The molecule has 0 N–H and O–H groups in total. The first-order valence-electron chi connectivity index (χ1n) is 9.01. The van der Waals surface area contributed by atoms with E-state index in [4.69, 9.17) is 0 Å². The molecule has 0 spiro atoms. The Labute approximate surface area is 134 Å². The molecule has 21 heavy (non-hydrogen) atoms. The summed E-state index contributed by atoms with van der Waals surface area (Å²) in [5.41, 5.74) is 2.65. The number of hydrogen-bond donors (Lipinski definition) is 0. The highest BCUT2D eigenvalue weighted by Gasteiger charge is 2.10. The van der Waals surface area contributed by atoms with E-state index in [1.54, 1.807) is 0 Å². The Morgan fingerprint density at radius 3 is 2.05 bits per heavy atom.